The Kier molecular flexibility index (Phi) is 6.13. The van der Waals surface area contributed by atoms with Gasteiger partial charge in [0, 0.05) is 23.3 Å². The predicted octanol–water partition coefficient (Wildman–Crippen LogP) is 3.19. The number of hydrogen-bond donors (Lipinski definition) is 1. The van der Waals surface area contributed by atoms with Crippen molar-refractivity contribution < 1.29 is 17.9 Å². The summed E-state index contributed by atoms with van der Waals surface area (Å²) in [6, 6.07) is 5.44. The van der Waals surface area contributed by atoms with Crippen LogP contribution in [0.2, 0.25) is 0 Å². The highest BCUT2D eigenvalue weighted by molar-refractivity contribution is 7.89. The fourth-order valence-electron chi connectivity index (χ4n) is 2.93. The molecule has 7 nitrogen and oxygen atoms in total. The smallest absolute Gasteiger partial charge is 0.263 e. The highest BCUT2D eigenvalue weighted by atomic mass is 32.2. The van der Waals surface area contributed by atoms with Gasteiger partial charge in [-0.25, -0.2) is 13.4 Å². The van der Waals surface area contributed by atoms with Crippen LogP contribution in [0, 0.1) is 6.92 Å². The Balaban J connectivity index is 1.45. The van der Waals surface area contributed by atoms with Crippen molar-refractivity contribution in [2.24, 2.45) is 0 Å². The molecule has 0 atom stereocenters. The van der Waals surface area contributed by atoms with E-state index in [2.05, 4.69) is 10.3 Å². The number of aryl methyl sites for hydroxylation is 1. The molecule has 1 saturated heterocycles. The van der Waals surface area contributed by atoms with Crippen LogP contribution in [0.15, 0.2) is 33.9 Å². The third kappa shape index (κ3) is 4.44. The van der Waals surface area contributed by atoms with Gasteiger partial charge in [-0.1, -0.05) is 0 Å². The lowest BCUT2D eigenvalue weighted by molar-refractivity contribution is 0.0730. The minimum Gasteiger partial charge on any atom is -0.379 e. The van der Waals surface area contributed by atoms with E-state index in [4.69, 9.17) is 4.74 Å². The maximum absolute atomic E-state index is 12.9. The van der Waals surface area contributed by atoms with Crippen LogP contribution in [-0.2, 0) is 21.3 Å². The quantitative estimate of drug-likeness (QED) is 0.599. The third-order valence-corrected chi connectivity index (χ3v) is 9.24. The van der Waals surface area contributed by atoms with E-state index >= 15 is 0 Å². The summed E-state index contributed by atoms with van der Waals surface area (Å²) in [7, 11) is -3.71. The topological polar surface area (TPSA) is 88.6 Å². The SMILES string of the molecule is Cc1nc(-c2ccc(CNC(=O)c3sccc3S(=O)(=O)N3CCOCC3)s2)cs1. The molecule has 11 heteroatoms. The highest BCUT2D eigenvalue weighted by Gasteiger charge is 2.31. The average Bonchev–Trinajstić information content (AvgIpc) is 3.47. The van der Waals surface area contributed by atoms with Crippen LogP contribution >= 0.6 is 34.0 Å². The lowest BCUT2D eigenvalue weighted by Gasteiger charge is -2.26. The van der Waals surface area contributed by atoms with Crippen LogP contribution in [0.1, 0.15) is 19.6 Å². The lowest BCUT2D eigenvalue weighted by Crippen LogP contribution is -2.41. The van der Waals surface area contributed by atoms with Crippen molar-refractivity contribution in [3.05, 3.63) is 43.7 Å². The second-order valence-corrected chi connectivity index (χ2v) is 11.4. The van der Waals surface area contributed by atoms with Crippen LogP contribution < -0.4 is 5.32 Å². The number of rotatable bonds is 6. The second-order valence-electron chi connectivity index (χ2n) is 6.33. The molecule has 0 aromatic carbocycles. The molecule has 29 heavy (non-hydrogen) atoms. The van der Waals surface area contributed by atoms with E-state index in [-0.39, 0.29) is 15.7 Å². The molecule has 0 bridgehead atoms. The maximum atomic E-state index is 12.9. The number of hydrogen-bond acceptors (Lipinski definition) is 8. The van der Waals surface area contributed by atoms with Gasteiger partial charge in [-0.15, -0.1) is 34.0 Å². The Morgan fingerprint density at radius 1 is 1.24 bits per heavy atom. The summed E-state index contributed by atoms with van der Waals surface area (Å²) in [4.78, 5) is 19.5. The second kappa shape index (κ2) is 8.62. The Morgan fingerprint density at radius 3 is 2.76 bits per heavy atom. The van der Waals surface area contributed by atoms with Crippen LogP contribution in [0.4, 0.5) is 0 Å². The number of thiophene rings is 2. The van der Waals surface area contributed by atoms with Crippen LogP contribution in [0.3, 0.4) is 0 Å². The van der Waals surface area contributed by atoms with Gasteiger partial charge in [-0.2, -0.15) is 4.31 Å². The Bertz CT molecular complexity index is 1110. The van der Waals surface area contributed by atoms with Crippen molar-refractivity contribution >= 4 is 49.9 Å². The van der Waals surface area contributed by atoms with E-state index in [1.54, 1.807) is 28.1 Å². The van der Waals surface area contributed by atoms with Crippen molar-refractivity contribution in [3.63, 3.8) is 0 Å². The number of carbonyl (C=O) groups excluding carboxylic acids is 1. The molecule has 4 heterocycles. The summed E-state index contributed by atoms with van der Waals surface area (Å²) >= 11 is 4.30. The fourth-order valence-corrected chi connectivity index (χ4v) is 7.25. The Morgan fingerprint density at radius 2 is 2.03 bits per heavy atom. The van der Waals surface area contributed by atoms with E-state index in [9.17, 15) is 13.2 Å². The zero-order valence-corrected chi connectivity index (χ0v) is 18.8. The summed E-state index contributed by atoms with van der Waals surface area (Å²) in [5, 5.41) is 7.50. The number of carbonyl (C=O) groups is 1. The summed E-state index contributed by atoms with van der Waals surface area (Å²) in [5.41, 5.74) is 0.937. The van der Waals surface area contributed by atoms with E-state index in [1.807, 2.05) is 24.4 Å². The van der Waals surface area contributed by atoms with Gasteiger partial charge in [0.15, 0.2) is 0 Å². The molecule has 0 aliphatic carbocycles. The van der Waals surface area contributed by atoms with Crippen molar-refractivity contribution in [1.82, 2.24) is 14.6 Å². The molecule has 3 aromatic heterocycles. The monoisotopic (exact) mass is 469 g/mol. The van der Waals surface area contributed by atoms with Gasteiger partial charge in [0.25, 0.3) is 5.91 Å². The Labute approximate surface area is 181 Å². The number of nitrogens with one attached hydrogen (secondary N) is 1. The van der Waals surface area contributed by atoms with Gasteiger partial charge in [-0.3, -0.25) is 4.79 Å². The van der Waals surface area contributed by atoms with E-state index in [0.717, 1.165) is 31.8 Å². The van der Waals surface area contributed by atoms with Crippen molar-refractivity contribution in [3.8, 4) is 10.6 Å². The van der Waals surface area contributed by atoms with Crippen LogP contribution in [0.25, 0.3) is 10.6 Å². The summed E-state index contributed by atoms with van der Waals surface area (Å²) < 4.78 is 32.4. The number of sulfonamides is 1. The summed E-state index contributed by atoms with van der Waals surface area (Å²) in [6.45, 7) is 3.63. The highest BCUT2D eigenvalue weighted by Crippen LogP contribution is 2.29. The molecule has 0 saturated carbocycles. The molecular weight excluding hydrogens is 450 g/mol. The Hall–Kier alpha value is -1.63. The average molecular weight is 470 g/mol. The zero-order chi connectivity index (χ0) is 20.4. The molecular formula is C18H19N3O4S4. The molecule has 1 fully saturated rings. The number of nitrogens with zero attached hydrogens (tertiary/aromatic N) is 2. The molecule has 1 N–H and O–H groups in total. The first kappa shape index (κ1) is 20.6. The van der Waals surface area contributed by atoms with Crippen LogP contribution in [-0.4, -0.2) is 49.9 Å². The zero-order valence-electron chi connectivity index (χ0n) is 15.6. The van der Waals surface area contributed by atoms with Gasteiger partial charge in [0.2, 0.25) is 10.0 Å². The number of thiazole rings is 1. The number of morpholine rings is 1. The van der Waals surface area contributed by atoms with Crippen LogP contribution in [0.5, 0.6) is 0 Å². The molecule has 0 unspecified atom stereocenters. The van der Waals surface area contributed by atoms with Gasteiger partial charge in [0.05, 0.1) is 35.3 Å². The van der Waals surface area contributed by atoms with Gasteiger partial charge < -0.3 is 10.1 Å². The maximum Gasteiger partial charge on any atom is 0.263 e. The summed E-state index contributed by atoms with van der Waals surface area (Å²) in [6.07, 6.45) is 0. The molecule has 1 aliphatic rings. The van der Waals surface area contributed by atoms with E-state index in [1.165, 1.54) is 10.4 Å². The summed E-state index contributed by atoms with van der Waals surface area (Å²) in [5.74, 6) is -0.383. The lowest BCUT2D eigenvalue weighted by atomic mass is 10.3. The molecule has 3 aromatic rings. The third-order valence-electron chi connectivity index (χ3n) is 4.38. The first-order chi connectivity index (χ1) is 13.9. The fraction of sp³-hybridized carbons (Fsp3) is 0.333. The molecule has 1 amide bonds. The van der Waals surface area contributed by atoms with Crippen molar-refractivity contribution in [2.45, 2.75) is 18.4 Å². The van der Waals surface area contributed by atoms with Gasteiger partial charge in [-0.05, 0) is 30.5 Å². The number of ether oxygens (including phenoxy) is 1. The largest absolute Gasteiger partial charge is 0.379 e. The predicted molar refractivity (Wildman–Crippen MR) is 115 cm³/mol. The standard InChI is InChI=1S/C18H19N3O4S4/c1-12-20-14(11-27-12)15-3-2-13(28-15)10-19-18(22)17-16(4-9-26-17)29(23,24)21-5-7-25-8-6-21/h2-4,9,11H,5-8,10H2,1H3,(H,19,22). The minimum absolute atomic E-state index is 0.0618. The van der Waals surface area contributed by atoms with E-state index in [0.29, 0.717) is 32.8 Å². The first-order valence-corrected chi connectivity index (χ1v) is 12.9. The first-order valence-electron chi connectivity index (χ1n) is 8.90. The molecule has 4 rings (SSSR count). The molecule has 0 radical (unpaired) electrons. The van der Waals surface area contributed by atoms with Crippen molar-refractivity contribution in [1.29, 1.82) is 0 Å². The number of aromatic nitrogens is 1. The minimum atomic E-state index is -3.71. The normalized spacial score (nSPS) is 15.5. The van der Waals surface area contributed by atoms with Gasteiger partial charge >= 0.3 is 0 Å². The van der Waals surface area contributed by atoms with Gasteiger partial charge in [0.1, 0.15) is 9.77 Å². The molecule has 1 aliphatic heterocycles. The van der Waals surface area contributed by atoms with E-state index < -0.39 is 10.0 Å². The molecule has 154 valence electrons. The number of amides is 1. The van der Waals surface area contributed by atoms with Crippen molar-refractivity contribution in [2.75, 3.05) is 26.3 Å². The molecule has 0 spiro atoms.